The van der Waals surface area contributed by atoms with Gasteiger partial charge in [0.05, 0.1) is 9.52 Å². The Morgan fingerprint density at radius 1 is 0.619 bits per heavy atom. The van der Waals surface area contributed by atoms with E-state index in [-0.39, 0.29) is 9.52 Å². The number of rotatable bonds is 5. The first-order chi connectivity index (χ1) is 10.4. The summed E-state index contributed by atoms with van der Waals surface area (Å²) in [7, 11) is -0.370. The van der Waals surface area contributed by atoms with Crippen LogP contribution in [0.1, 0.15) is 5.56 Å². The van der Waals surface area contributed by atoms with Crippen LogP contribution in [-0.2, 0) is 6.61 Å². The lowest BCUT2D eigenvalue weighted by molar-refractivity contribution is 0.306. The third-order valence-electron chi connectivity index (χ3n) is 3.42. The van der Waals surface area contributed by atoms with Crippen LogP contribution < -0.4 is 15.1 Å². The maximum Gasteiger partial charge on any atom is 0.119 e. The number of hydrogen-bond donors (Lipinski definition) is 0. The third-order valence-corrected chi connectivity index (χ3v) is 5.18. The second kappa shape index (κ2) is 6.91. The lowest BCUT2D eigenvalue weighted by Gasteiger charge is -2.07. The van der Waals surface area contributed by atoms with Crippen molar-refractivity contribution in [2.75, 3.05) is 0 Å². The molecule has 0 heterocycles. The molecule has 21 heavy (non-hydrogen) atoms. The molecular formula is C19H18OSi. The van der Waals surface area contributed by atoms with Crippen molar-refractivity contribution in [3.05, 3.63) is 90.5 Å². The summed E-state index contributed by atoms with van der Waals surface area (Å²) in [5.41, 5.74) is 1.19. The molecule has 0 aliphatic rings. The maximum atomic E-state index is 5.81. The summed E-state index contributed by atoms with van der Waals surface area (Å²) in [6.07, 6.45) is 0. The summed E-state index contributed by atoms with van der Waals surface area (Å²) in [4.78, 5) is 0. The van der Waals surface area contributed by atoms with Crippen LogP contribution in [0.5, 0.6) is 5.75 Å². The molecule has 0 spiro atoms. The first-order valence-corrected chi connectivity index (χ1v) is 8.61. The van der Waals surface area contributed by atoms with E-state index in [2.05, 4.69) is 66.7 Å². The standard InChI is InChI=1S/C19H18OSi/c1-3-7-16(8-4-1)15-20-17-11-13-19(14-12-17)21-18-9-5-2-6-10-18/h1-14H,15,21H2. The smallest absolute Gasteiger partial charge is 0.119 e. The van der Waals surface area contributed by atoms with Gasteiger partial charge in [0.1, 0.15) is 12.4 Å². The summed E-state index contributed by atoms with van der Waals surface area (Å²) < 4.78 is 5.81. The maximum absolute atomic E-state index is 5.81. The highest BCUT2D eigenvalue weighted by Gasteiger charge is 1.99. The predicted molar refractivity (Wildman–Crippen MR) is 91.5 cm³/mol. The Morgan fingerprint density at radius 3 is 1.86 bits per heavy atom. The molecule has 0 amide bonds. The molecule has 0 unspecified atom stereocenters. The fourth-order valence-electron chi connectivity index (χ4n) is 2.28. The van der Waals surface area contributed by atoms with Crippen molar-refractivity contribution in [1.29, 1.82) is 0 Å². The summed E-state index contributed by atoms with van der Waals surface area (Å²) in [6, 6.07) is 29.5. The van der Waals surface area contributed by atoms with E-state index in [4.69, 9.17) is 4.74 Å². The largest absolute Gasteiger partial charge is 0.489 e. The average molecular weight is 290 g/mol. The van der Waals surface area contributed by atoms with E-state index >= 15 is 0 Å². The minimum absolute atomic E-state index is 0.370. The number of ether oxygens (including phenoxy) is 1. The van der Waals surface area contributed by atoms with Gasteiger partial charge in [0.25, 0.3) is 0 Å². The fourth-order valence-corrected chi connectivity index (χ4v) is 3.73. The minimum Gasteiger partial charge on any atom is -0.489 e. The highest BCUT2D eigenvalue weighted by atomic mass is 28.2. The normalized spacial score (nSPS) is 10.9. The van der Waals surface area contributed by atoms with Gasteiger partial charge in [0.15, 0.2) is 0 Å². The molecule has 3 rings (SSSR count). The lowest BCUT2D eigenvalue weighted by atomic mass is 10.2. The van der Waals surface area contributed by atoms with Crippen molar-refractivity contribution in [3.8, 4) is 5.75 Å². The zero-order valence-electron chi connectivity index (χ0n) is 11.9. The molecule has 104 valence electrons. The molecule has 0 bridgehead atoms. The topological polar surface area (TPSA) is 9.23 Å². The van der Waals surface area contributed by atoms with Gasteiger partial charge in [-0.3, -0.25) is 0 Å². The molecular weight excluding hydrogens is 272 g/mol. The van der Waals surface area contributed by atoms with E-state index in [9.17, 15) is 0 Å². The van der Waals surface area contributed by atoms with E-state index in [1.54, 1.807) is 0 Å². The van der Waals surface area contributed by atoms with Gasteiger partial charge >= 0.3 is 0 Å². The molecule has 0 aromatic heterocycles. The van der Waals surface area contributed by atoms with Gasteiger partial charge in [-0.1, -0.05) is 83.2 Å². The first kappa shape index (κ1) is 13.7. The first-order valence-electron chi connectivity index (χ1n) is 7.20. The summed E-state index contributed by atoms with van der Waals surface area (Å²) in [5.74, 6) is 0.935. The summed E-state index contributed by atoms with van der Waals surface area (Å²) >= 11 is 0. The highest BCUT2D eigenvalue weighted by Crippen LogP contribution is 2.10. The molecule has 0 radical (unpaired) electrons. The minimum atomic E-state index is -0.370. The monoisotopic (exact) mass is 290 g/mol. The van der Waals surface area contributed by atoms with Gasteiger partial charge in [-0.15, -0.1) is 0 Å². The van der Waals surface area contributed by atoms with E-state index < -0.39 is 0 Å². The van der Waals surface area contributed by atoms with Crippen LogP contribution in [0.3, 0.4) is 0 Å². The van der Waals surface area contributed by atoms with Gasteiger partial charge in [-0.2, -0.15) is 0 Å². The molecule has 3 aromatic carbocycles. The van der Waals surface area contributed by atoms with Crippen molar-refractivity contribution in [2.45, 2.75) is 6.61 Å². The molecule has 0 saturated heterocycles. The zero-order chi connectivity index (χ0) is 14.3. The van der Waals surface area contributed by atoms with E-state index in [1.807, 2.05) is 18.2 Å². The van der Waals surface area contributed by atoms with Gasteiger partial charge < -0.3 is 4.74 Å². The van der Waals surface area contributed by atoms with Crippen LogP contribution in [0.4, 0.5) is 0 Å². The third kappa shape index (κ3) is 4.07. The lowest BCUT2D eigenvalue weighted by Crippen LogP contribution is -2.26. The van der Waals surface area contributed by atoms with Crippen LogP contribution in [0, 0.1) is 0 Å². The van der Waals surface area contributed by atoms with Gasteiger partial charge in [-0.05, 0) is 17.7 Å². The molecule has 0 aliphatic heterocycles. The highest BCUT2D eigenvalue weighted by molar-refractivity contribution is 6.67. The fraction of sp³-hybridized carbons (Fsp3) is 0.0526. The molecule has 0 N–H and O–H groups in total. The molecule has 0 atom stereocenters. The Bertz CT molecular complexity index is 663. The van der Waals surface area contributed by atoms with E-state index in [1.165, 1.54) is 15.9 Å². The van der Waals surface area contributed by atoms with Crippen LogP contribution in [0.25, 0.3) is 0 Å². The molecule has 1 nitrogen and oxygen atoms in total. The Hall–Kier alpha value is -2.32. The van der Waals surface area contributed by atoms with Crippen molar-refractivity contribution >= 4 is 19.9 Å². The second-order valence-electron chi connectivity index (χ2n) is 5.08. The quantitative estimate of drug-likeness (QED) is 0.656. The average Bonchev–Trinajstić information content (AvgIpc) is 2.56. The summed E-state index contributed by atoms with van der Waals surface area (Å²) in [5, 5.41) is 2.91. The van der Waals surface area contributed by atoms with Crippen LogP contribution in [-0.4, -0.2) is 9.52 Å². The Kier molecular flexibility index (Phi) is 4.49. The molecule has 0 aliphatic carbocycles. The molecule has 0 fully saturated rings. The van der Waals surface area contributed by atoms with Gasteiger partial charge in [0.2, 0.25) is 0 Å². The van der Waals surface area contributed by atoms with Crippen LogP contribution in [0.2, 0.25) is 0 Å². The molecule has 3 aromatic rings. The van der Waals surface area contributed by atoms with Crippen molar-refractivity contribution in [1.82, 2.24) is 0 Å². The van der Waals surface area contributed by atoms with Gasteiger partial charge in [-0.25, -0.2) is 0 Å². The Morgan fingerprint density at radius 2 is 1.19 bits per heavy atom. The van der Waals surface area contributed by atoms with Crippen LogP contribution >= 0.6 is 0 Å². The van der Waals surface area contributed by atoms with Crippen LogP contribution in [0.15, 0.2) is 84.9 Å². The zero-order valence-corrected chi connectivity index (χ0v) is 13.3. The summed E-state index contributed by atoms with van der Waals surface area (Å²) in [6.45, 7) is 0.621. The van der Waals surface area contributed by atoms with Crippen molar-refractivity contribution < 1.29 is 4.74 Å². The van der Waals surface area contributed by atoms with Crippen molar-refractivity contribution in [3.63, 3.8) is 0 Å². The number of hydrogen-bond acceptors (Lipinski definition) is 1. The predicted octanol–water partition coefficient (Wildman–Crippen LogP) is 2.39. The van der Waals surface area contributed by atoms with Gasteiger partial charge in [0, 0.05) is 0 Å². The van der Waals surface area contributed by atoms with E-state index in [0.717, 1.165) is 5.75 Å². The second-order valence-corrected chi connectivity index (χ2v) is 7.07. The SMILES string of the molecule is c1ccc(COc2ccc([SiH2]c3ccccc3)cc2)cc1. The Balaban J connectivity index is 1.59. The van der Waals surface area contributed by atoms with Crippen molar-refractivity contribution in [2.24, 2.45) is 0 Å². The molecule has 2 heteroatoms. The molecule has 0 saturated carbocycles. The number of benzene rings is 3. The Labute approximate surface area is 128 Å². The van der Waals surface area contributed by atoms with E-state index in [0.29, 0.717) is 6.61 Å².